The van der Waals surface area contributed by atoms with Gasteiger partial charge in [0, 0.05) is 13.1 Å². The van der Waals surface area contributed by atoms with Crippen molar-refractivity contribution in [3.8, 4) is 0 Å². The Labute approximate surface area is 91.8 Å². The van der Waals surface area contributed by atoms with E-state index in [9.17, 15) is 9.59 Å². The van der Waals surface area contributed by atoms with E-state index < -0.39 is 0 Å². The molecule has 7 heteroatoms. The number of nitrogens with zero attached hydrogens (tertiary/aromatic N) is 2. The Morgan fingerprint density at radius 3 is 2.81 bits per heavy atom. The summed E-state index contributed by atoms with van der Waals surface area (Å²) in [6.45, 7) is 0.873. The summed E-state index contributed by atoms with van der Waals surface area (Å²) in [5.41, 5.74) is 11.3. The highest BCUT2D eigenvalue weighted by molar-refractivity contribution is 5.97. The molecule has 1 atom stereocenters. The summed E-state index contributed by atoms with van der Waals surface area (Å²) < 4.78 is 0. The molecule has 16 heavy (non-hydrogen) atoms. The van der Waals surface area contributed by atoms with Crippen molar-refractivity contribution in [2.45, 2.75) is 6.42 Å². The molecule has 1 aliphatic rings. The van der Waals surface area contributed by atoms with Crippen LogP contribution in [-0.4, -0.2) is 40.0 Å². The van der Waals surface area contributed by atoms with Crippen molar-refractivity contribution in [1.82, 2.24) is 15.1 Å². The zero-order chi connectivity index (χ0) is 11.7. The summed E-state index contributed by atoms with van der Waals surface area (Å²) in [5.74, 6) is -0.861. The van der Waals surface area contributed by atoms with Crippen molar-refractivity contribution in [1.29, 1.82) is 0 Å². The van der Waals surface area contributed by atoms with Gasteiger partial charge < -0.3 is 16.4 Å². The first-order valence-electron chi connectivity index (χ1n) is 4.97. The van der Waals surface area contributed by atoms with Crippen LogP contribution in [0.15, 0.2) is 6.20 Å². The van der Waals surface area contributed by atoms with Gasteiger partial charge in [-0.15, -0.1) is 0 Å². The molecule has 1 aromatic rings. The maximum absolute atomic E-state index is 11.9. The maximum atomic E-state index is 11.9. The fourth-order valence-electron chi connectivity index (χ4n) is 1.80. The van der Waals surface area contributed by atoms with E-state index in [0.29, 0.717) is 25.2 Å². The number of hydrogen-bond acceptors (Lipinski definition) is 4. The molecule has 0 spiro atoms. The van der Waals surface area contributed by atoms with Crippen LogP contribution in [0, 0.1) is 5.92 Å². The van der Waals surface area contributed by atoms with Crippen molar-refractivity contribution in [3.05, 3.63) is 11.9 Å². The number of carbonyl (C=O) groups is 2. The second-order valence-corrected chi connectivity index (χ2v) is 3.84. The Morgan fingerprint density at radius 1 is 1.56 bits per heavy atom. The minimum atomic E-state index is -0.368. The fourth-order valence-corrected chi connectivity index (χ4v) is 1.80. The molecular formula is C9H13N5O2. The maximum Gasteiger partial charge on any atom is 0.274 e. The molecule has 0 bridgehead atoms. The number of carbonyl (C=O) groups excluding carboxylic acids is 2. The minimum Gasteiger partial charge on any atom is -0.396 e. The number of hydrogen-bond donors (Lipinski definition) is 3. The van der Waals surface area contributed by atoms with E-state index in [4.69, 9.17) is 11.5 Å². The number of nitrogen functional groups attached to an aromatic ring is 1. The third kappa shape index (κ3) is 1.71. The standard InChI is InChI=1S/C9H13N5O2/c10-6-3-12-13-7(6)9(16)14-2-1-5(4-14)8(11)15/h3,5H,1-2,4,10H2,(H2,11,15)(H,12,13). The summed E-state index contributed by atoms with van der Waals surface area (Å²) in [7, 11) is 0. The van der Waals surface area contributed by atoms with Gasteiger partial charge in [0.05, 0.1) is 17.8 Å². The number of aromatic amines is 1. The van der Waals surface area contributed by atoms with Crippen LogP contribution >= 0.6 is 0 Å². The SMILES string of the molecule is NC(=O)C1CCN(C(=O)c2[nH]ncc2N)C1. The van der Waals surface area contributed by atoms with Crippen LogP contribution in [0.5, 0.6) is 0 Å². The van der Waals surface area contributed by atoms with Crippen LogP contribution in [0.25, 0.3) is 0 Å². The number of nitrogens with one attached hydrogen (secondary N) is 1. The molecule has 86 valence electrons. The smallest absolute Gasteiger partial charge is 0.274 e. The molecule has 5 N–H and O–H groups in total. The minimum absolute atomic E-state index is 0.237. The second kappa shape index (κ2) is 3.84. The van der Waals surface area contributed by atoms with E-state index in [1.54, 1.807) is 4.90 Å². The van der Waals surface area contributed by atoms with E-state index in [1.165, 1.54) is 6.20 Å². The van der Waals surface area contributed by atoms with Gasteiger partial charge in [-0.3, -0.25) is 14.7 Å². The predicted octanol–water partition coefficient (Wildman–Crippen LogP) is -1.06. The van der Waals surface area contributed by atoms with Gasteiger partial charge in [-0.2, -0.15) is 5.10 Å². The van der Waals surface area contributed by atoms with E-state index in [-0.39, 0.29) is 23.4 Å². The van der Waals surface area contributed by atoms with Crippen LogP contribution in [0.3, 0.4) is 0 Å². The highest BCUT2D eigenvalue weighted by atomic mass is 16.2. The first kappa shape index (κ1) is 10.5. The lowest BCUT2D eigenvalue weighted by Gasteiger charge is -2.14. The highest BCUT2D eigenvalue weighted by Crippen LogP contribution is 2.19. The number of likely N-dealkylation sites (tertiary alicyclic amines) is 1. The summed E-state index contributed by atoms with van der Waals surface area (Å²) in [6, 6.07) is 0. The number of aromatic nitrogens is 2. The first-order chi connectivity index (χ1) is 7.59. The monoisotopic (exact) mass is 223 g/mol. The van der Waals surface area contributed by atoms with Crippen molar-refractivity contribution in [3.63, 3.8) is 0 Å². The number of anilines is 1. The first-order valence-corrected chi connectivity index (χ1v) is 4.97. The lowest BCUT2D eigenvalue weighted by molar-refractivity contribution is -0.121. The average molecular weight is 223 g/mol. The van der Waals surface area contributed by atoms with E-state index >= 15 is 0 Å². The highest BCUT2D eigenvalue weighted by Gasteiger charge is 2.31. The lowest BCUT2D eigenvalue weighted by atomic mass is 10.1. The summed E-state index contributed by atoms with van der Waals surface area (Å²) in [5, 5.41) is 6.22. The van der Waals surface area contributed by atoms with Crippen LogP contribution < -0.4 is 11.5 Å². The van der Waals surface area contributed by atoms with E-state index in [2.05, 4.69) is 10.2 Å². The van der Waals surface area contributed by atoms with Gasteiger partial charge in [-0.25, -0.2) is 0 Å². The summed E-state index contributed by atoms with van der Waals surface area (Å²) in [4.78, 5) is 24.4. The molecule has 1 fully saturated rings. The Balaban J connectivity index is 2.08. The van der Waals surface area contributed by atoms with Gasteiger partial charge in [-0.1, -0.05) is 0 Å². The number of primary amides is 1. The Hall–Kier alpha value is -2.05. The molecule has 2 heterocycles. The van der Waals surface area contributed by atoms with Crippen LogP contribution in [0.1, 0.15) is 16.9 Å². The van der Waals surface area contributed by atoms with Crippen molar-refractivity contribution in [2.24, 2.45) is 11.7 Å². The fraction of sp³-hybridized carbons (Fsp3) is 0.444. The molecule has 0 saturated carbocycles. The largest absolute Gasteiger partial charge is 0.396 e. The lowest BCUT2D eigenvalue weighted by Crippen LogP contribution is -2.32. The molecular weight excluding hydrogens is 210 g/mol. The molecule has 0 aliphatic carbocycles. The van der Waals surface area contributed by atoms with Gasteiger partial charge in [0.25, 0.3) is 5.91 Å². The number of rotatable bonds is 2. The molecule has 7 nitrogen and oxygen atoms in total. The van der Waals surface area contributed by atoms with Crippen molar-refractivity contribution < 1.29 is 9.59 Å². The van der Waals surface area contributed by atoms with Crippen LogP contribution in [0.4, 0.5) is 5.69 Å². The van der Waals surface area contributed by atoms with Crippen LogP contribution in [-0.2, 0) is 4.79 Å². The molecule has 2 amide bonds. The zero-order valence-corrected chi connectivity index (χ0v) is 8.64. The average Bonchev–Trinajstić information content (AvgIpc) is 2.84. The van der Waals surface area contributed by atoms with Gasteiger partial charge in [-0.05, 0) is 6.42 Å². The van der Waals surface area contributed by atoms with Gasteiger partial charge >= 0.3 is 0 Å². The molecule has 1 aliphatic heterocycles. The predicted molar refractivity (Wildman–Crippen MR) is 56.2 cm³/mol. The number of amides is 2. The van der Waals surface area contributed by atoms with E-state index in [1.807, 2.05) is 0 Å². The van der Waals surface area contributed by atoms with Gasteiger partial charge in [0.15, 0.2) is 0 Å². The molecule has 0 aromatic carbocycles. The molecule has 0 radical (unpaired) electrons. The molecule has 1 unspecified atom stereocenters. The van der Waals surface area contributed by atoms with Crippen LogP contribution in [0.2, 0.25) is 0 Å². The molecule has 1 saturated heterocycles. The van der Waals surface area contributed by atoms with Crippen molar-refractivity contribution >= 4 is 17.5 Å². The number of H-pyrrole nitrogens is 1. The van der Waals surface area contributed by atoms with Gasteiger partial charge in [0.1, 0.15) is 5.69 Å². The third-order valence-corrected chi connectivity index (χ3v) is 2.76. The third-order valence-electron chi connectivity index (χ3n) is 2.76. The Kier molecular flexibility index (Phi) is 2.51. The quantitative estimate of drug-likeness (QED) is 0.592. The number of nitrogens with two attached hydrogens (primary N) is 2. The van der Waals surface area contributed by atoms with Gasteiger partial charge in [0.2, 0.25) is 5.91 Å². The summed E-state index contributed by atoms with van der Waals surface area (Å²) in [6.07, 6.45) is 1.99. The summed E-state index contributed by atoms with van der Waals surface area (Å²) >= 11 is 0. The second-order valence-electron chi connectivity index (χ2n) is 3.84. The zero-order valence-electron chi connectivity index (χ0n) is 8.64. The van der Waals surface area contributed by atoms with Crippen molar-refractivity contribution in [2.75, 3.05) is 18.8 Å². The van der Waals surface area contributed by atoms with E-state index in [0.717, 1.165) is 0 Å². The Bertz CT molecular complexity index is 427. The Morgan fingerprint density at radius 2 is 2.31 bits per heavy atom. The topological polar surface area (TPSA) is 118 Å². The molecule has 2 rings (SSSR count). The molecule has 1 aromatic heterocycles. The normalized spacial score (nSPS) is 20.0.